The molecule has 98 valence electrons. The Morgan fingerprint density at radius 1 is 1.24 bits per heavy atom. The Morgan fingerprint density at radius 3 is 2.06 bits per heavy atom. The molecule has 1 heterocycles. The third kappa shape index (κ3) is 3.10. The molecule has 6 heteroatoms. The van der Waals surface area contributed by atoms with E-state index in [4.69, 9.17) is 10.2 Å². The lowest BCUT2D eigenvalue weighted by Crippen LogP contribution is -2.39. The zero-order valence-corrected chi connectivity index (χ0v) is 11.7. The van der Waals surface area contributed by atoms with Crippen LogP contribution in [0.4, 0.5) is 0 Å². The molecule has 4 nitrogen and oxygen atoms in total. The standard InChI is InChI=1S/C11H18O4S2/c1-3-11(8(12)13,9(14)15)5-4-10(2)16-6-7-17-10/h3-7H2,1-2H3,(H,12,13)(H,14,15). The van der Waals surface area contributed by atoms with Gasteiger partial charge in [-0.2, -0.15) is 0 Å². The number of carboxylic acid groups (broad SMARTS) is 2. The van der Waals surface area contributed by atoms with Crippen LogP contribution in [0.2, 0.25) is 0 Å². The Balaban J connectivity index is 2.73. The quantitative estimate of drug-likeness (QED) is 0.727. The number of thioether (sulfide) groups is 2. The van der Waals surface area contributed by atoms with Gasteiger partial charge >= 0.3 is 11.9 Å². The zero-order chi connectivity index (χ0) is 13.1. The molecule has 0 unspecified atom stereocenters. The van der Waals surface area contributed by atoms with Crippen molar-refractivity contribution in [3.05, 3.63) is 0 Å². The first-order valence-corrected chi connectivity index (χ1v) is 7.58. The first kappa shape index (κ1) is 14.7. The lowest BCUT2D eigenvalue weighted by molar-refractivity contribution is -0.165. The fraction of sp³-hybridized carbons (Fsp3) is 0.818. The second kappa shape index (κ2) is 5.52. The van der Waals surface area contributed by atoms with E-state index in [1.54, 1.807) is 30.4 Å². The number of carbonyl (C=O) groups is 2. The zero-order valence-electron chi connectivity index (χ0n) is 10.1. The summed E-state index contributed by atoms with van der Waals surface area (Å²) in [5, 5.41) is 18.3. The molecule has 1 aliphatic heterocycles. The number of hydrogen-bond donors (Lipinski definition) is 2. The van der Waals surface area contributed by atoms with Gasteiger partial charge in [0.25, 0.3) is 0 Å². The van der Waals surface area contributed by atoms with Crippen LogP contribution in [0.1, 0.15) is 33.1 Å². The fourth-order valence-electron chi connectivity index (χ4n) is 1.93. The van der Waals surface area contributed by atoms with Gasteiger partial charge in [-0.25, -0.2) is 0 Å². The third-order valence-electron chi connectivity index (χ3n) is 3.33. The topological polar surface area (TPSA) is 74.6 Å². The SMILES string of the molecule is CCC(CCC1(C)SCCS1)(C(=O)O)C(=O)O. The predicted octanol–water partition coefficient (Wildman–Crippen LogP) is 2.53. The van der Waals surface area contributed by atoms with Crippen LogP contribution in [-0.2, 0) is 9.59 Å². The average Bonchev–Trinajstić information content (AvgIpc) is 2.66. The van der Waals surface area contributed by atoms with Gasteiger partial charge in [0.1, 0.15) is 0 Å². The van der Waals surface area contributed by atoms with Crippen molar-refractivity contribution in [1.82, 2.24) is 0 Å². The highest BCUT2D eigenvalue weighted by atomic mass is 32.2. The number of carboxylic acids is 2. The first-order chi connectivity index (χ1) is 7.86. The van der Waals surface area contributed by atoms with E-state index in [0.29, 0.717) is 6.42 Å². The monoisotopic (exact) mass is 278 g/mol. The normalized spacial score (nSPS) is 19.2. The summed E-state index contributed by atoms with van der Waals surface area (Å²) in [6.07, 6.45) is 0.947. The molecular formula is C11H18O4S2. The van der Waals surface area contributed by atoms with Crippen LogP contribution in [0.3, 0.4) is 0 Å². The molecular weight excluding hydrogens is 260 g/mol. The van der Waals surface area contributed by atoms with Gasteiger partial charge in [-0.15, -0.1) is 23.5 Å². The van der Waals surface area contributed by atoms with Gasteiger partial charge in [0.15, 0.2) is 5.41 Å². The Labute approximate surface area is 110 Å². The maximum atomic E-state index is 11.2. The minimum absolute atomic E-state index is 0.0225. The molecule has 17 heavy (non-hydrogen) atoms. The maximum absolute atomic E-state index is 11.2. The molecule has 2 N–H and O–H groups in total. The van der Waals surface area contributed by atoms with E-state index in [-0.39, 0.29) is 16.9 Å². The van der Waals surface area contributed by atoms with Crippen LogP contribution in [-0.4, -0.2) is 37.7 Å². The van der Waals surface area contributed by atoms with Gasteiger partial charge in [-0.3, -0.25) is 9.59 Å². The third-order valence-corrected chi connectivity index (χ3v) is 6.74. The van der Waals surface area contributed by atoms with Crippen LogP contribution in [0.5, 0.6) is 0 Å². The molecule has 1 aliphatic rings. The van der Waals surface area contributed by atoms with Crippen molar-refractivity contribution >= 4 is 35.5 Å². The Morgan fingerprint density at radius 2 is 1.71 bits per heavy atom. The van der Waals surface area contributed by atoms with Crippen LogP contribution in [0, 0.1) is 5.41 Å². The maximum Gasteiger partial charge on any atom is 0.321 e. The summed E-state index contributed by atoms with van der Waals surface area (Å²) in [6.45, 7) is 3.69. The number of hydrogen-bond acceptors (Lipinski definition) is 4. The molecule has 0 saturated carbocycles. The molecule has 0 bridgehead atoms. The summed E-state index contributed by atoms with van der Waals surface area (Å²) in [7, 11) is 0. The highest BCUT2D eigenvalue weighted by Crippen LogP contribution is 2.48. The van der Waals surface area contributed by atoms with Gasteiger partial charge in [0.05, 0.1) is 4.08 Å². The Hall–Kier alpha value is -0.360. The molecule has 0 amide bonds. The van der Waals surface area contributed by atoms with E-state index < -0.39 is 17.4 Å². The minimum Gasteiger partial charge on any atom is -0.480 e. The minimum atomic E-state index is -1.62. The van der Waals surface area contributed by atoms with Crippen molar-refractivity contribution in [2.45, 2.75) is 37.2 Å². The van der Waals surface area contributed by atoms with Crippen LogP contribution in [0.25, 0.3) is 0 Å². The Bertz CT molecular complexity index is 297. The van der Waals surface area contributed by atoms with Gasteiger partial charge < -0.3 is 10.2 Å². The number of rotatable bonds is 6. The van der Waals surface area contributed by atoms with Crippen LogP contribution < -0.4 is 0 Å². The van der Waals surface area contributed by atoms with Gasteiger partial charge in [0.2, 0.25) is 0 Å². The van der Waals surface area contributed by atoms with E-state index in [1.807, 2.05) is 0 Å². The summed E-state index contributed by atoms with van der Waals surface area (Å²) >= 11 is 3.59. The van der Waals surface area contributed by atoms with E-state index in [1.165, 1.54) is 0 Å². The van der Waals surface area contributed by atoms with Crippen molar-refractivity contribution in [3.8, 4) is 0 Å². The molecule has 0 aromatic rings. The lowest BCUT2D eigenvalue weighted by atomic mass is 9.80. The second-order valence-corrected chi connectivity index (χ2v) is 7.83. The average molecular weight is 278 g/mol. The molecule has 0 spiro atoms. The summed E-state index contributed by atoms with van der Waals surface area (Å²) in [6, 6.07) is 0. The number of aliphatic carboxylic acids is 2. The smallest absolute Gasteiger partial charge is 0.321 e. The van der Waals surface area contributed by atoms with Gasteiger partial charge in [-0.05, 0) is 26.2 Å². The van der Waals surface area contributed by atoms with Gasteiger partial charge in [0, 0.05) is 11.5 Å². The molecule has 0 aromatic carbocycles. The van der Waals surface area contributed by atoms with Crippen molar-refractivity contribution in [1.29, 1.82) is 0 Å². The fourth-order valence-corrected chi connectivity index (χ4v) is 4.78. The molecule has 0 aliphatic carbocycles. The van der Waals surface area contributed by atoms with Crippen LogP contribution >= 0.6 is 23.5 Å². The van der Waals surface area contributed by atoms with E-state index in [0.717, 1.165) is 11.5 Å². The second-order valence-electron chi connectivity index (χ2n) is 4.38. The summed E-state index contributed by atoms with van der Waals surface area (Å²) in [4.78, 5) is 22.4. The molecule has 0 aromatic heterocycles. The van der Waals surface area contributed by atoms with Crippen LogP contribution in [0.15, 0.2) is 0 Å². The highest BCUT2D eigenvalue weighted by molar-refractivity contribution is 8.21. The molecule has 0 atom stereocenters. The Kier molecular flexibility index (Phi) is 4.77. The van der Waals surface area contributed by atoms with E-state index >= 15 is 0 Å². The lowest BCUT2D eigenvalue weighted by Gasteiger charge is -2.28. The van der Waals surface area contributed by atoms with Crippen molar-refractivity contribution in [3.63, 3.8) is 0 Å². The van der Waals surface area contributed by atoms with Gasteiger partial charge in [-0.1, -0.05) is 6.92 Å². The molecule has 0 radical (unpaired) electrons. The van der Waals surface area contributed by atoms with Crippen molar-refractivity contribution in [2.24, 2.45) is 5.41 Å². The molecule has 1 fully saturated rings. The molecule has 1 saturated heterocycles. The van der Waals surface area contributed by atoms with E-state index in [9.17, 15) is 9.59 Å². The summed E-state index contributed by atoms with van der Waals surface area (Å²) in [5.41, 5.74) is -1.62. The first-order valence-electron chi connectivity index (χ1n) is 5.61. The largest absolute Gasteiger partial charge is 0.480 e. The van der Waals surface area contributed by atoms with Crippen molar-refractivity contribution < 1.29 is 19.8 Å². The summed E-state index contributed by atoms with van der Waals surface area (Å²) in [5.74, 6) is -0.325. The summed E-state index contributed by atoms with van der Waals surface area (Å²) < 4.78 is -0.0225. The van der Waals surface area contributed by atoms with E-state index in [2.05, 4.69) is 6.92 Å². The molecule has 1 rings (SSSR count). The highest BCUT2D eigenvalue weighted by Gasteiger charge is 2.46. The van der Waals surface area contributed by atoms with Crippen molar-refractivity contribution in [2.75, 3.05) is 11.5 Å². The predicted molar refractivity (Wildman–Crippen MR) is 70.6 cm³/mol.